The number of carbonyl (C=O) groups excluding carboxylic acids is 2. The maximum atomic E-state index is 11.8. The number of hydrazine groups is 1. The number of methoxy groups -OCH3 is 1. The molecule has 9 heteroatoms. The third-order valence-corrected chi connectivity index (χ3v) is 3.73. The van der Waals surface area contributed by atoms with E-state index in [9.17, 15) is 9.59 Å². The number of thiocarbonyl (C=S) groups is 1. The first-order valence-electron chi connectivity index (χ1n) is 8.06. The van der Waals surface area contributed by atoms with E-state index < -0.39 is 11.8 Å². The van der Waals surface area contributed by atoms with Gasteiger partial charge in [0, 0.05) is 11.1 Å². The fourth-order valence-electron chi connectivity index (χ4n) is 1.91. The number of hydrogen-bond acceptors (Lipinski definition) is 5. The lowest BCUT2D eigenvalue weighted by Crippen LogP contribution is -2.49. The van der Waals surface area contributed by atoms with Crippen molar-refractivity contribution in [2.75, 3.05) is 13.7 Å². The molecule has 0 heterocycles. The molecule has 0 bridgehead atoms. The number of carbonyl (C=O) groups is 2. The molecule has 0 spiro atoms. The van der Waals surface area contributed by atoms with Crippen LogP contribution in [0.2, 0.25) is 5.02 Å². The summed E-state index contributed by atoms with van der Waals surface area (Å²) < 4.78 is 10.4. The molecule has 0 saturated heterocycles. The van der Waals surface area contributed by atoms with Crippen LogP contribution in [0.25, 0.3) is 6.08 Å². The molecule has 3 N–H and O–H groups in total. The van der Waals surface area contributed by atoms with Crippen molar-refractivity contribution in [2.45, 2.75) is 0 Å². The van der Waals surface area contributed by atoms with Crippen LogP contribution in [0, 0.1) is 0 Å². The Morgan fingerprint density at radius 1 is 1.04 bits per heavy atom. The summed E-state index contributed by atoms with van der Waals surface area (Å²) in [6, 6.07) is 13.8. The zero-order chi connectivity index (χ0) is 20.4. The van der Waals surface area contributed by atoms with Crippen molar-refractivity contribution in [3.05, 3.63) is 65.2 Å². The molecular formula is C19H18ClN3O4S. The quantitative estimate of drug-likeness (QED) is 0.378. The monoisotopic (exact) mass is 419 g/mol. The number of ether oxygens (including phenoxy) is 2. The Kier molecular flexibility index (Phi) is 8.26. The van der Waals surface area contributed by atoms with Crippen LogP contribution in [-0.4, -0.2) is 30.6 Å². The standard InChI is InChI=1S/C19H18ClN3O4S/c1-26-15-7-9-16(10-8-15)27-12-18(25)22-23-19(28)21-17(24)11-4-13-2-5-14(20)6-3-13/h2-11H,12H2,1H3,(H,22,25)(H2,21,23,24,28)/b11-4+. The summed E-state index contributed by atoms with van der Waals surface area (Å²) in [5.74, 6) is 0.282. The highest BCUT2D eigenvalue weighted by atomic mass is 35.5. The number of benzene rings is 2. The van der Waals surface area contributed by atoms with Gasteiger partial charge in [0.1, 0.15) is 11.5 Å². The zero-order valence-corrected chi connectivity index (χ0v) is 16.5. The first kappa shape index (κ1) is 21.2. The zero-order valence-electron chi connectivity index (χ0n) is 14.9. The molecule has 0 fully saturated rings. The molecule has 0 unspecified atom stereocenters. The van der Waals surface area contributed by atoms with Gasteiger partial charge in [0.25, 0.3) is 5.91 Å². The van der Waals surface area contributed by atoms with Gasteiger partial charge in [0.05, 0.1) is 7.11 Å². The molecule has 0 aliphatic carbocycles. The summed E-state index contributed by atoms with van der Waals surface area (Å²) >= 11 is 10.7. The van der Waals surface area contributed by atoms with Gasteiger partial charge in [-0.25, -0.2) is 0 Å². The Morgan fingerprint density at radius 2 is 1.68 bits per heavy atom. The Labute approximate surface area is 172 Å². The summed E-state index contributed by atoms with van der Waals surface area (Å²) in [6.45, 7) is -0.230. The first-order chi connectivity index (χ1) is 13.5. The van der Waals surface area contributed by atoms with Crippen molar-refractivity contribution in [3.63, 3.8) is 0 Å². The number of rotatable bonds is 6. The van der Waals surface area contributed by atoms with Gasteiger partial charge < -0.3 is 9.47 Å². The highest BCUT2D eigenvalue weighted by Gasteiger charge is 2.05. The van der Waals surface area contributed by atoms with Crippen LogP contribution >= 0.6 is 23.8 Å². The van der Waals surface area contributed by atoms with Crippen molar-refractivity contribution in [2.24, 2.45) is 0 Å². The molecule has 2 amide bonds. The minimum atomic E-state index is -0.468. The van der Waals surface area contributed by atoms with E-state index in [1.54, 1.807) is 61.7 Å². The molecule has 0 atom stereocenters. The minimum absolute atomic E-state index is 0.0523. The van der Waals surface area contributed by atoms with Crippen LogP contribution < -0.4 is 25.6 Å². The fourth-order valence-corrected chi connectivity index (χ4v) is 2.19. The van der Waals surface area contributed by atoms with Crippen molar-refractivity contribution < 1.29 is 19.1 Å². The van der Waals surface area contributed by atoms with Gasteiger partial charge in [-0.2, -0.15) is 0 Å². The van der Waals surface area contributed by atoms with Gasteiger partial charge in [-0.3, -0.25) is 25.8 Å². The van der Waals surface area contributed by atoms with Gasteiger partial charge in [-0.1, -0.05) is 23.7 Å². The second-order valence-corrected chi connectivity index (χ2v) is 6.19. The second kappa shape index (κ2) is 10.9. The molecule has 0 saturated carbocycles. The average Bonchev–Trinajstić information content (AvgIpc) is 2.70. The molecule has 0 aliphatic rings. The molecule has 2 rings (SSSR count). The lowest BCUT2D eigenvalue weighted by Gasteiger charge is -2.10. The molecule has 0 aliphatic heterocycles. The minimum Gasteiger partial charge on any atom is -0.497 e. The Morgan fingerprint density at radius 3 is 2.32 bits per heavy atom. The second-order valence-electron chi connectivity index (χ2n) is 5.34. The Balaban J connectivity index is 1.68. The van der Waals surface area contributed by atoms with Crippen LogP contribution in [0.3, 0.4) is 0 Å². The van der Waals surface area contributed by atoms with Crippen molar-refractivity contribution >= 4 is 46.8 Å². The summed E-state index contributed by atoms with van der Waals surface area (Å²) in [5.41, 5.74) is 5.56. The molecule has 0 aromatic heterocycles. The number of nitrogens with one attached hydrogen (secondary N) is 3. The van der Waals surface area contributed by atoms with Gasteiger partial charge in [0.2, 0.25) is 5.91 Å². The Hall–Kier alpha value is -3.10. The van der Waals surface area contributed by atoms with Crippen LogP contribution in [0.5, 0.6) is 11.5 Å². The van der Waals surface area contributed by atoms with Crippen molar-refractivity contribution in [1.82, 2.24) is 16.2 Å². The molecule has 28 heavy (non-hydrogen) atoms. The third-order valence-electron chi connectivity index (χ3n) is 3.28. The highest BCUT2D eigenvalue weighted by Crippen LogP contribution is 2.16. The van der Waals surface area contributed by atoms with E-state index in [4.69, 9.17) is 33.3 Å². The summed E-state index contributed by atoms with van der Waals surface area (Å²) in [7, 11) is 1.56. The molecular weight excluding hydrogens is 402 g/mol. The van der Waals surface area contributed by atoms with E-state index in [-0.39, 0.29) is 11.7 Å². The van der Waals surface area contributed by atoms with Crippen LogP contribution in [-0.2, 0) is 9.59 Å². The molecule has 146 valence electrons. The predicted octanol–water partition coefficient (Wildman–Crippen LogP) is 2.46. The van der Waals surface area contributed by atoms with Crippen molar-refractivity contribution in [3.8, 4) is 11.5 Å². The van der Waals surface area contributed by atoms with Gasteiger partial charge >= 0.3 is 0 Å². The lowest BCUT2D eigenvalue weighted by molar-refractivity contribution is -0.123. The number of amides is 2. The van der Waals surface area contributed by atoms with Crippen LogP contribution in [0.4, 0.5) is 0 Å². The average molecular weight is 420 g/mol. The topological polar surface area (TPSA) is 88.7 Å². The maximum Gasteiger partial charge on any atom is 0.276 e. The van der Waals surface area contributed by atoms with E-state index in [0.29, 0.717) is 16.5 Å². The van der Waals surface area contributed by atoms with Crippen LogP contribution in [0.1, 0.15) is 5.56 Å². The smallest absolute Gasteiger partial charge is 0.276 e. The largest absolute Gasteiger partial charge is 0.497 e. The van der Waals surface area contributed by atoms with Gasteiger partial charge in [-0.05, 0) is 60.3 Å². The SMILES string of the molecule is COc1ccc(OCC(=O)NNC(=S)NC(=O)/C=C/c2ccc(Cl)cc2)cc1. The van der Waals surface area contributed by atoms with Gasteiger partial charge in [-0.15, -0.1) is 0 Å². The summed E-state index contributed by atoms with van der Waals surface area (Å²) in [6.07, 6.45) is 2.92. The number of halogens is 1. The predicted molar refractivity (Wildman–Crippen MR) is 111 cm³/mol. The third kappa shape index (κ3) is 7.65. The molecule has 2 aromatic carbocycles. The van der Waals surface area contributed by atoms with E-state index in [1.165, 1.54) is 6.08 Å². The summed E-state index contributed by atoms with van der Waals surface area (Å²) in [5, 5.41) is 2.96. The maximum absolute atomic E-state index is 11.8. The van der Waals surface area contributed by atoms with E-state index in [2.05, 4.69) is 16.2 Å². The van der Waals surface area contributed by atoms with Crippen LogP contribution in [0.15, 0.2) is 54.6 Å². The van der Waals surface area contributed by atoms with E-state index in [0.717, 1.165) is 5.56 Å². The Bertz CT molecular complexity index is 854. The molecule has 2 aromatic rings. The summed E-state index contributed by atoms with van der Waals surface area (Å²) in [4.78, 5) is 23.5. The normalized spacial score (nSPS) is 10.2. The van der Waals surface area contributed by atoms with Crippen molar-refractivity contribution in [1.29, 1.82) is 0 Å². The molecule has 7 nitrogen and oxygen atoms in total. The van der Waals surface area contributed by atoms with Gasteiger partial charge in [0.15, 0.2) is 11.7 Å². The van der Waals surface area contributed by atoms with E-state index in [1.807, 2.05) is 0 Å². The van der Waals surface area contributed by atoms with E-state index >= 15 is 0 Å². The lowest BCUT2D eigenvalue weighted by atomic mass is 10.2. The fraction of sp³-hybridized carbons (Fsp3) is 0.105. The number of hydrogen-bond donors (Lipinski definition) is 3. The highest BCUT2D eigenvalue weighted by molar-refractivity contribution is 7.80. The molecule has 0 radical (unpaired) electrons. The first-order valence-corrected chi connectivity index (χ1v) is 8.85.